The van der Waals surface area contributed by atoms with Crippen molar-refractivity contribution in [2.45, 2.75) is 58.5 Å². The van der Waals surface area contributed by atoms with Crippen molar-refractivity contribution in [2.24, 2.45) is 0 Å². The monoisotopic (exact) mass is 654 g/mol. The second-order valence-corrected chi connectivity index (χ2v) is 12.2. The van der Waals surface area contributed by atoms with Crippen LogP contribution in [0.4, 0.5) is 5.69 Å². The Hall–Kier alpha value is -5.56. The van der Waals surface area contributed by atoms with Gasteiger partial charge in [0.15, 0.2) is 11.5 Å². The lowest BCUT2D eigenvalue weighted by molar-refractivity contribution is -0.121. The zero-order chi connectivity index (χ0) is 34.0. The number of hydrogen-bond acceptors (Lipinski definition) is 5. The molecule has 5 aromatic rings. The van der Waals surface area contributed by atoms with Crippen molar-refractivity contribution in [2.75, 3.05) is 11.9 Å². The number of anilines is 1. The number of rotatable bonds is 13. The van der Waals surface area contributed by atoms with Gasteiger partial charge in [0.2, 0.25) is 5.91 Å². The number of hydrogen-bond donors (Lipinski definition) is 1. The van der Waals surface area contributed by atoms with Gasteiger partial charge < -0.3 is 24.4 Å². The van der Waals surface area contributed by atoms with E-state index in [1.54, 1.807) is 47.4 Å². The predicted molar refractivity (Wildman–Crippen MR) is 193 cm³/mol. The first-order valence-electron chi connectivity index (χ1n) is 17.1. The molecule has 6 rings (SSSR count). The molecule has 0 spiro atoms. The quantitative estimate of drug-likeness (QED) is 0.128. The Balaban J connectivity index is 1.20. The fourth-order valence-electron chi connectivity index (χ4n) is 6.05. The minimum Gasteiger partial charge on any atom is -0.490 e. The van der Waals surface area contributed by atoms with E-state index < -0.39 is 6.04 Å². The molecule has 1 atom stereocenters. The summed E-state index contributed by atoms with van der Waals surface area (Å²) in [4.78, 5) is 29.7. The Morgan fingerprint density at radius 3 is 2.22 bits per heavy atom. The van der Waals surface area contributed by atoms with Crippen LogP contribution in [0.15, 0.2) is 121 Å². The highest BCUT2D eigenvalue weighted by atomic mass is 16.5. The van der Waals surface area contributed by atoms with Crippen LogP contribution in [0.2, 0.25) is 0 Å². The Labute approximate surface area is 288 Å². The minimum atomic E-state index is -0.681. The third-order valence-electron chi connectivity index (χ3n) is 8.61. The number of aryl methyl sites for hydroxylation is 1. The van der Waals surface area contributed by atoms with E-state index in [0.717, 1.165) is 29.7 Å². The highest BCUT2D eigenvalue weighted by Crippen LogP contribution is 2.37. The number of ether oxygens (including phenoxy) is 3. The van der Waals surface area contributed by atoms with Gasteiger partial charge in [0.05, 0.1) is 6.61 Å². The SMILES string of the molecule is CCCCCc1ccc(NC(=O)[C@@H]2Cc3ccccc3CN2C(=O)c2cccc(Oc3ccc(OCC)c(Oc4ccccc4)c3)c2)cc1. The van der Waals surface area contributed by atoms with E-state index >= 15 is 0 Å². The van der Waals surface area contributed by atoms with Crippen LogP contribution >= 0.6 is 0 Å². The van der Waals surface area contributed by atoms with Gasteiger partial charge in [-0.05, 0) is 91.1 Å². The Morgan fingerprint density at radius 1 is 0.714 bits per heavy atom. The van der Waals surface area contributed by atoms with Gasteiger partial charge in [0, 0.05) is 30.3 Å². The average molecular weight is 655 g/mol. The number of nitrogens with zero attached hydrogens (tertiary/aromatic N) is 1. The molecule has 2 amide bonds. The lowest BCUT2D eigenvalue weighted by atomic mass is 9.92. The van der Waals surface area contributed by atoms with Crippen LogP contribution in [0, 0.1) is 0 Å². The van der Waals surface area contributed by atoms with Gasteiger partial charge >= 0.3 is 0 Å². The molecule has 0 radical (unpaired) electrons. The Bertz CT molecular complexity index is 1870. The molecule has 1 N–H and O–H groups in total. The molecule has 5 aromatic carbocycles. The summed E-state index contributed by atoms with van der Waals surface area (Å²) < 4.78 is 18.1. The van der Waals surface area contributed by atoms with Crippen LogP contribution in [0.5, 0.6) is 28.7 Å². The predicted octanol–water partition coefficient (Wildman–Crippen LogP) is 9.61. The fraction of sp³-hybridized carbons (Fsp3) is 0.238. The van der Waals surface area contributed by atoms with Crippen molar-refractivity contribution >= 4 is 17.5 Å². The maximum Gasteiger partial charge on any atom is 0.254 e. The summed E-state index contributed by atoms with van der Waals surface area (Å²) in [5.41, 5.74) is 4.50. The maximum absolute atomic E-state index is 14.2. The highest BCUT2D eigenvalue weighted by molar-refractivity contribution is 6.01. The van der Waals surface area contributed by atoms with E-state index in [4.69, 9.17) is 14.2 Å². The van der Waals surface area contributed by atoms with Crippen LogP contribution < -0.4 is 19.5 Å². The molecule has 0 bridgehead atoms. The Kier molecular flexibility index (Phi) is 10.9. The normalized spacial score (nSPS) is 13.7. The molecule has 250 valence electrons. The van der Waals surface area contributed by atoms with Crippen LogP contribution in [0.25, 0.3) is 0 Å². The molecule has 7 heteroatoms. The van der Waals surface area contributed by atoms with Gasteiger partial charge in [-0.1, -0.05) is 80.4 Å². The summed E-state index contributed by atoms with van der Waals surface area (Å²) in [5, 5.41) is 3.07. The van der Waals surface area contributed by atoms with Gasteiger partial charge in [-0.2, -0.15) is 0 Å². The van der Waals surface area contributed by atoms with Gasteiger partial charge in [0.25, 0.3) is 5.91 Å². The van der Waals surface area contributed by atoms with E-state index in [1.165, 1.54) is 18.4 Å². The number of carbonyl (C=O) groups is 2. The van der Waals surface area contributed by atoms with Crippen molar-refractivity contribution in [3.05, 3.63) is 144 Å². The number of nitrogens with one attached hydrogen (secondary N) is 1. The largest absolute Gasteiger partial charge is 0.490 e. The molecule has 0 fully saturated rings. The number of benzene rings is 5. The first kappa shape index (κ1) is 33.3. The lowest BCUT2D eigenvalue weighted by Crippen LogP contribution is -2.50. The standard InChI is InChI=1S/C42H42N2O5/c1-3-5-7-13-30-20-22-34(23-21-30)43-41(45)38-27-31-14-10-11-15-33(31)29-44(38)42(46)32-16-12-19-36(26-32)48-37-24-25-39(47-4-2)40(28-37)49-35-17-8-6-9-18-35/h6,8-12,14-26,28,38H,3-5,7,13,27,29H2,1-2H3,(H,43,45)/t38-/m0/s1. The molecule has 0 saturated carbocycles. The van der Waals surface area contributed by atoms with Gasteiger partial charge in [-0.15, -0.1) is 0 Å². The number of amides is 2. The molecular formula is C42H42N2O5. The van der Waals surface area contributed by atoms with Crippen LogP contribution in [0.1, 0.15) is 60.2 Å². The number of carbonyl (C=O) groups excluding carboxylic acids is 2. The summed E-state index contributed by atoms with van der Waals surface area (Å²) in [6, 6.07) is 37.2. The lowest BCUT2D eigenvalue weighted by Gasteiger charge is -2.36. The van der Waals surface area contributed by atoms with Crippen molar-refractivity contribution in [3.63, 3.8) is 0 Å². The number of unbranched alkanes of at least 4 members (excludes halogenated alkanes) is 2. The molecule has 0 saturated heterocycles. The smallest absolute Gasteiger partial charge is 0.254 e. The summed E-state index contributed by atoms with van der Waals surface area (Å²) in [7, 11) is 0. The van der Waals surface area contributed by atoms with Crippen molar-refractivity contribution < 1.29 is 23.8 Å². The molecule has 0 aliphatic carbocycles. The highest BCUT2D eigenvalue weighted by Gasteiger charge is 2.35. The molecule has 7 nitrogen and oxygen atoms in total. The molecular weight excluding hydrogens is 612 g/mol. The van der Waals surface area contributed by atoms with E-state index in [0.29, 0.717) is 53.9 Å². The van der Waals surface area contributed by atoms with Gasteiger partial charge in [-0.3, -0.25) is 9.59 Å². The van der Waals surface area contributed by atoms with Crippen LogP contribution in [0.3, 0.4) is 0 Å². The molecule has 49 heavy (non-hydrogen) atoms. The van der Waals surface area contributed by atoms with Crippen molar-refractivity contribution in [1.82, 2.24) is 4.90 Å². The van der Waals surface area contributed by atoms with E-state index in [1.807, 2.05) is 73.7 Å². The maximum atomic E-state index is 14.2. The topological polar surface area (TPSA) is 77.1 Å². The number of para-hydroxylation sites is 1. The van der Waals surface area contributed by atoms with Crippen molar-refractivity contribution in [3.8, 4) is 28.7 Å². The third kappa shape index (κ3) is 8.49. The summed E-state index contributed by atoms with van der Waals surface area (Å²) >= 11 is 0. The van der Waals surface area contributed by atoms with E-state index in [-0.39, 0.29) is 11.8 Å². The second kappa shape index (κ2) is 16.0. The first-order chi connectivity index (χ1) is 24.0. The van der Waals surface area contributed by atoms with Gasteiger partial charge in [0.1, 0.15) is 23.3 Å². The molecule has 0 unspecified atom stereocenters. The fourth-order valence-corrected chi connectivity index (χ4v) is 6.05. The summed E-state index contributed by atoms with van der Waals surface area (Å²) in [5.74, 6) is 2.34. The first-order valence-corrected chi connectivity index (χ1v) is 17.1. The zero-order valence-corrected chi connectivity index (χ0v) is 28.1. The summed E-state index contributed by atoms with van der Waals surface area (Å²) in [6.45, 7) is 4.93. The van der Waals surface area contributed by atoms with Crippen LogP contribution in [-0.2, 0) is 24.2 Å². The molecule has 1 heterocycles. The van der Waals surface area contributed by atoms with Crippen LogP contribution in [-0.4, -0.2) is 29.4 Å². The van der Waals surface area contributed by atoms with Gasteiger partial charge in [-0.25, -0.2) is 0 Å². The molecule has 1 aliphatic rings. The van der Waals surface area contributed by atoms with E-state index in [2.05, 4.69) is 24.4 Å². The zero-order valence-electron chi connectivity index (χ0n) is 28.1. The average Bonchev–Trinajstić information content (AvgIpc) is 3.13. The van der Waals surface area contributed by atoms with E-state index in [9.17, 15) is 9.59 Å². The second-order valence-electron chi connectivity index (χ2n) is 12.2. The van der Waals surface area contributed by atoms with Crippen molar-refractivity contribution in [1.29, 1.82) is 0 Å². The molecule has 1 aliphatic heterocycles. The Morgan fingerprint density at radius 2 is 1.45 bits per heavy atom. The number of fused-ring (bicyclic) bond motifs is 1. The third-order valence-corrected chi connectivity index (χ3v) is 8.61. The summed E-state index contributed by atoms with van der Waals surface area (Å²) in [6.07, 6.45) is 4.98. The minimum absolute atomic E-state index is 0.214. The molecule has 0 aromatic heterocycles.